The van der Waals surface area contributed by atoms with Gasteiger partial charge in [-0.25, -0.2) is 0 Å². The summed E-state index contributed by atoms with van der Waals surface area (Å²) in [5, 5.41) is 11.5. The van der Waals surface area contributed by atoms with E-state index in [-0.39, 0.29) is 12.1 Å². The van der Waals surface area contributed by atoms with Gasteiger partial charge in [0, 0.05) is 17.7 Å². The highest BCUT2D eigenvalue weighted by atomic mass is 15.1. The number of nitrogens with two attached hydrogens (primary N) is 2. The van der Waals surface area contributed by atoms with E-state index >= 15 is 0 Å². The van der Waals surface area contributed by atoms with Gasteiger partial charge in [0.25, 0.3) is 0 Å². The molecule has 1 heterocycles. The topological polar surface area (TPSA) is 100 Å². The zero-order valence-corrected chi connectivity index (χ0v) is 13.2. The minimum absolute atomic E-state index is 0.111. The average molecular weight is 287 g/mol. The molecular formula is C16H25N5. The van der Waals surface area contributed by atoms with Gasteiger partial charge in [-0.15, -0.1) is 0 Å². The Morgan fingerprint density at radius 3 is 2.81 bits per heavy atom. The highest BCUT2D eigenvalue weighted by Crippen LogP contribution is 2.36. The van der Waals surface area contributed by atoms with E-state index in [2.05, 4.69) is 23.3 Å². The highest BCUT2D eigenvalue weighted by molar-refractivity contribution is 6.02. The van der Waals surface area contributed by atoms with Crippen molar-refractivity contribution in [3.05, 3.63) is 34.7 Å². The average Bonchev–Trinajstić information content (AvgIpc) is 2.44. The molecule has 2 aliphatic rings. The largest absolute Gasteiger partial charge is 0.385 e. The number of aliphatic imine (C=N–C) groups is 1. The van der Waals surface area contributed by atoms with Gasteiger partial charge in [0.05, 0.1) is 11.3 Å². The summed E-state index contributed by atoms with van der Waals surface area (Å²) in [6.45, 7) is 7.93. The molecule has 0 radical (unpaired) electrons. The maximum absolute atomic E-state index is 8.28. The van der Waals surface area contributed by atoms with Crippen LogP contribution in [0.3, 0.4) is 0 Å². The van der Waals surface area contributed by atoms with Crippen LogP contribution in [-0.2, 0) is 0 Å². The molecule has 0 spiro atoms. The predicted octanol–water partition coefficient (Wildman–Crippen LogP) is 1.83. The van der Waals surface area contributed by atoms with Crippen LogP contribution in [0.5, 0.6) is 0 Å². The van der Waals surface area contributed by atoms with Crippen LogP contribution in [0.15, 0.2) is 39.7 Å². The Bertz CT molecular complexity index is 577. The van der Waals surface area contributed by atoms with Gasteiger partial charge in [0.1, 0.15) is 12.0 Å². The highest BCUT2D eigenvalue weighted by Gasteiger charge is 2.39. The molecule has 0 bridgehead atoms. The maximum Gasteiger partial charge on any atom is 0.142 e. The molecule has 0 saturated carbocycles. The van der Waals surface area contributed by atoms with Gasteiger partial charge in [-0.3, -0.25) is 4.99 Å². The summed E-state index contributed by atoms with van der Waals surface area (Å²) in [6, 6.07) is 0. The smallest absolute Gasteiger partial charge is 0.142 e. The summed E-state index contributed by atoms with van der Waals surface area (Å²) in [5.41, 5.74) is 15.3. The van der Waals surface area contributed by atoms with Gasteiger partial charge in [-0.2, -0.15) is 0 Å². The molecule has 3 atom stereocenters. The third-order valence-electron chi connectivity index (χ3n) is 4.56. The van der Waals surface area contributed by atoms with E-state index in [0.29, 0.717) is 11.5 Å². The molecule has 114 valence electrons. The zero-order valence-electron chi connectivity index (χ0n) is 13.2. The molecule has 0 aromatic carbocycles. The third kappa shape index (κ3) is 2.78. The summed E-state index contributed by atoms with van der Waals surface area (Å²) in [5.74, 6) is 0.753. The van der Waals surface area contributed by atoms with Crippen LogP contribution >= 0.6 is 0 Å². The first kappa shape index (κ1) is 15.5. The molecule has 2 rings (SSSR count). The minimum atomic E-state index is -0.643. The van der Waals surface area contributed by atoms with E-state index in [0.717, 1.165) is 17.6 Å². The van der Waals surface area contributed by atoms with Crippen LogP contribution < -0.4 is 16.8 Å². The second-order valence-electron chi connectivity index (χ2n) is 6.13. The zero-order chi connectivity index (χ0) is 15.8. The molecule has 0 fully saturated rings. The van der Waals surface area contributed by atoms with Crippen molar-refractivity contribution in [3.63, 3.8) is 0 Å². The molecule has 6 N–H and O–H groups in total. The maximum atomic E-state index is 8.28. The van der Waals surface area contributed by atoms with Crippen molar-refractivity contribution in [2.24, 2.45) is 22.4 Å². The summed E-state index contributed by atoms with van der Waals surface area (Å²) in [7, 11) is 0. The quantitative estimate of drug-likeness (QED) is 0.583. The fourth-order valence-corrected chi connectivity index (χ4v) is 2.80. The number of hydrogen-bond acceptors (Lipinski definition) is 5. The number of nitrogens with one attached hydrogen (secondary N) is 2. The second-order valence-corrected chi connectivity index (χ2v) is 6.13. The van der Waals surface area contributed by atoms with Gasteiger partial charge in [0.2, 0.25) is 0 Å². The summed E-state index contributed by atoms with van der Waals surface area (Å²) in [4.78, 5) is 4.49. The Kier molecular flexibility index (Phi) is 4.05. The number of nitrogens with zero attached hydrogens (tertiary/aromatic N) is 1. The van der Waals surface area contributed by atoms with Crippen molar-refractivity contribution < 1.29 is 0 Å². The Labute approximate surface area is 126 Å². The van der Waals surface area contributed by atoms with Crippen molar-refractivity contribution in [3.8, 4) is 0 Å². The van der Waals surface area contributed by atoms with Gasteiger partial charge >= 0.3 is 0 Å². The van der Waals surface area contributed by atoms with E-state index in [9.17, 15) is 0 Å². The normalized spacial score (nSPS) is 33.9. The van der Waals surface area contributed by atoms with Crippen LogP contribution in [0.4, 0.5) is 0 Å². The molecule has 0 aromatic rings. The van der Waals surface area contributed by atoms with Crippen molar-refractivity contribution in [2.75, 3.05) is 0 Å². The van der Waals surface area contributed by atoms with Crippen LogP contribution in [0, 0.1) is 11.3 Å². The molecule has 1 aliphatic heterocycles. The first-order valence-electron chi connectivity index (χ1n) is 7.24. The molecule has 0 amide bonds. The van der Waals surface area contributed by atoms with Gasteiger partial charge in [0.15, 0.2) is 0 Å². The molecule has 0 aromatic heterocycles. The van der Waals surface area contributed by atoms with E-state index in [1.807, 2.05) is 26.8 Å². The van der Waals surface area contributed by atoms with Crippen molar-refractivity contribution in [2.45, 2.75) is 45.8 Å². The predicted molar refractivity (Wildman–Crippen MR) is 88.2 cm³/mol. The third-order valence-corrected chi connectivity index (χ3v) is 4.56. The molecular weight excluding hydrogens is 262 g/mol. The van der Waals surface area contributed by atoms with Crippen LogP contribution in [0.1, 0.15) is 34.1 Å². The van der Waals surface area contributed by atoms with Gasteiger partial charge in [-0.1, -0.05) is 11.6 Å². The van der Waals surface area contributed by atoms with Crippen LogP contribution in [0.25, 0.3) is 0 Å². The molecule has 5 heteroatoms. The Hall–Kier alpha value is -1.88. The van der Waals surface area contributed by atoms with E-state index < -0.39 is 5.54 Å². The molecule has 0 saturated heterocycles. The summed E-state index contributed by atoms with van der Waals surface area (Å²) >= 11 is 0. The van der Waals surface area contributed by atoms with Gasteiger partial charge < -0.3 is 22.2 Å². The molecule has 21 heavy (non-hydrogen) atoms. The molecule has 1 aliphatic carbocycles. The lowest BCUT2D eigenvalue weighted by atomic mass is 9.70. The summed E-state index contributed by atoms with van der Waals surface area (Å²) < 4.78 is 0. The van der Waals surface area contributed by atoms with Crippen molar-refractivity contribution in [1.29, 1.82) is 5.41 Å². The Morgan fingerprint density at radius 2 is 2.24 bits per heavy atom. The van der Waals surface area contributed by atoms with Crippen LogP contribution in [-0.4, -0.2) is 23.6 Å². The first-order valence-corrected chi connectivity index (χ1v) is 7.24. The van der Waals surface area contributed by atoms with Crippen LogP contribution in [0.2, 0.25) is 0 Å². The van der Waals surface area contributed by atoms with Crippen molar-refractivity contribution in [1.82, 2.24) is 5.32 Å². The Morgan fingerprint density at radius 1 is 1.57 bits per heavy atom. The lowest BCUT2D eigenvalue weighted by Crippen LogP contribution is -2.54. The SMILES string of the molecule is C/C=C(\C)[C@H]1CC(C2N=CC(C)=C(N)N2)=CC(=N)[C@]1(C)N. The summed E-state index contributed by atoms with van der Waals surface area (Å²) in [6.07, 6.45) is 6.30. The number of rotatable bonds is 2. The lowest BCUT2D eigenvalue weighted by molar-refractivity contribution is 0.408. The fraction of sp³-hybridized carbons (Fsp3) is 0.500. The Balaban J connectivity index is 2.31. The van der Waals surface area contributed by atoms with E-state index in [1.165, 1.54) is 5.57 Å². The van der Waals surface area contributed by atoms with E-state index in [4.69, 9.17) is 16.9 Å². The second kappa shape index (κ2) is 5.48. The fourth-order valence-electron chi connectivity index (χ4n) is 2.80. The lowest BCUT2D eigenvalue weighted by Gasteiger charge is -2.40. The molecule has 5 nitrogen and oxygen atoms in total. The number of allylic oxidation sites excluding steroid dienone is 2. The van der Waals surface area contributed by atoms with E-state index in [1.54, 1.807) is 6.21 Å². The minimum Gasteiger partial charge on any atom is -0.385 e. The standard InChI is InChI=1S/C16H25N5/c1-5-9(2)12-6-11(7-13(17)16(12,4)19)15-20-8-10(3)14(18)21-15/h5,7-8,12,15,17,21H,6,18-19H2,1-4H3/b9-5+,17-13?/t12-,15?,16-/m1/s1. The van der Waals surface area contributed by atoms with Crippen molar-refractivity contribution >= 4 is 11.9 Å². The molecule has 1 unspecified atom stereocenters. The number of hydrogen-bond donors (Lipinski definition) is 4. The monoisotopic (exact) mass is 287 g/mol. The van der Waals surface area contributed by atoms with Gasteiger partial charge in [-0.05, 0) is 45.8 Å². The first-order chi connectivity index (χ1) is 9.77.